The van der Waals surface area contributed by atoms with Crippen molar-refractivity contribution in [3.8, 4) is 0 Å². The molecule has 0 radical (unpaired) electrons. The first kappa shape index (κ1) is 18.4. The maximum Gasteiger partial charge on any atom is 0.227 e. The number of fused-ring (bicyclic) bond motifs is 1. The van der Waals surface area contributed by atoms with E-state index < -0.39 is 6.04 Å². The Labute approximate surface area is 165 Å². The second-order valence-electron chi connectivity index (χ2n) is 8.28. The first-order valence-corrected chi connectivity index (χ1v) is 9.75. The molecule has 1 atom stereocenters. The van der Waals surface area contributed by atoms with E-state index in [4.69, 9.17) is 0 Å². The van der Waals surface area contributed by atoms with Crippen molar-refractivity contribution in [3.63, 3.8) is 0 Å². The maximum absolute atomic E-state index is 13.3. The Balaban J connectivity index is 2.01. The average molecular weight is 375 g/mol. The van der Waals surface area contributed by atoms with Crippen LogP contribution in [0.25, 0.3) is 0 Å². The van der Waals surface area contributed by atoms with Crippen molar-refractivity contribution in [2.24, 2.45) is 5.41 Å². The lowest BCUT2D eigenvalue weighted by molar-refractivity contribution is -0.119. The molecule has 1 unspecified atom stereocenters. The SMILES string of the molecule is CCC(=O)N1c2ccccc2NC2=C(C(=O)CC(C)(C)C2)C1c1ccncc1. The van der Waals surface area contributed by atoms with Gasteiger partial charge in [0, 0.05) is 36.5 Å². The van der Waals surface area contributed by atoms with Gasteiger partial charge in [0.15, 0.2) is 5.78 Å². The van der Waals surface area contributed by atoms with E-state index in [1.165, 1.54) is 0 Å². The van der Waals surface area contributed by atoms with Crippen LogP contribution in [-0.4, -0.2) is 16.7 Å². The summed E-state index contributed by atoms with van der Waals surface area (Å²) < 4.78 is 0. The van der Waals surface area contributed by atoms with Gasteiger partial charge in [-0.05, 0) is 41.7 Å². The highest BCUT2D eigenvalue weighted by Crippen LogP contribution is 2.48. The summed E-state index contributed by atoms with van der Waals surface area (Å²) in [6.45, 7) is 6.08. The molecule has 144 valence electrons. The minimum absolute atomic E-state index is 0.0116. The van der Waals surface area contributed by atoms with E-state index in [-0.39, 0.29) is 17.1 Å². The Bertz CT molecular complexity index is 963. The topological polar surface area (TPSA) is 62.3 Å². The van der Waals surface area contributed by atoms with Crippen molar-refractivity contribution in [3.05, 3.63) is 65.6 Å². The van der Waals surface area contributed by atoms with E-state index in [0.29, 0.717) is 18.4 Å². The maximum atomic E-state index is 13.3. The van der Waals surface area contributed by atoms with Gasteiger partial charge in [0.2, 0.25) is 5.91 Å². The van der Waals surface area contributed by atoms with Crippen LogP contribution in [0.2, 0.25) is 0 Å². The number of hydrogen-bond donors (Lipinski definition) is 1. The lowest BCUT2D eigenvalue weighted by Crippen LogP contribution is -2.39. The van der Waals surface area contributed by atoms with Crippen molar-refractivity contribution >= 4 is 23.1 Å². The quantitative estimate of drug-likeness (QED) is 0.831. The number of Topliss-reactive ketones (excluding diaryl/α,β-unsaturated/α-hetero) is 1. The van der Waals surface area contributed by atoms with Crippen LogP contribution >= 0.6 is 0 Å². The van der Waals surface area contributed by atoms with E-state index in [2.05, 4.69) is 24.1 Å². The summed E-state index contributed by atoms with van der Waals surface area (Å²) in [5.74, 6) is 0.0877. The highest BCUT2D eigenvalue weighted by atomic mass is 16.2. The summed E-state index contributed by atoms with van der Waals surface area (Å²) in [5, 5.41) is 3.51. The molecule has 0 saturated heterocycles. The summed E-state index contributed by atoms with van der Waals surface area (Å²) in [4.78, 5) is 32.4. The van der Waals surface area contributed by atoms with E-state index in [1.807, 2.05) is 43.3 Å². The third-order valence-corrected chi connectivity index (χ3v) is 5.49. The van der Waals surface area contributed by atoms with Crippen LogP contribution in [0.4, 0.5) is 11.4 Å². The fraction of sp³-hybridized carbons (Fsp3) is 0.348. The molecule has 1 aromatic heterocycles. The number of hydrogen-bond acceptors (Lipinski definition) is 4. The molecular weight excluding hydrogens is 350 g/mol. The summed E-state index contributed by atoms with van der Waals surface area (Å²) in [5.41, 5.74) is 4.06. The molecule has 2 heterocycles. The molecule has 1 amide bonds. The molecule has 5 heteroatoms. The van der Waals surface area contributed by atoms with Gasteiger partial charge in [-0.1, -0.05) is 32.9 Å². The molecule has 1 aliphatic heterocycles. The van der Waals surface area contributed by atoms with Crippen LogP contribution in [0.3, 0.4) is 0 Å². The molecule has 0 saturated carbocycles. The predicted octanol–water partition coefficient (Wildman–Crippen LogP) is 4.63. The Hall–Kier alpha value is -2.95. The normalized spacial score (nSPS) is 20.8. The van der Waals surface area contributed by atoms with Crippen molar-refractivity contribution in [1.29, 1.82) is 0 Å². The van der Waals surface area contributed by atoms with E-state index in [1.54, 1.807) is 17.3 Å². The summed E-state index contributed by atoms with van der Waals surface area (Å²) >= 11 is 0. The number of carbonyl (C=O) groups excluding carboxylic acids is 2. The fourth-order valence-electron chi connectivity index (χ4n) is 4.29. The van der Waals surface area contributed by atoms with Crippen molar-refractivity contribution in [2.45, 2.75) is 46.1 Å². The Morgan fingerprint density at radius 3 is 2.61 bits per heavy atom. The molecular formula is C23H25N3O2. The standard InChI is InChI=1S/C23H25N3O2/c1-4-20(28)26-18-8-6-5-7-16(18)25-17-13-23(2,3)14-19(27)21(17)22(26)15-9-11-24-12-10-15/h5-12,22,25H,4,13-14H2,1-3H3. The lowest BCUT2D eigenvalue weighted by Gasteiger charge is -2.37. The highest BCUT2D eigenvalue weighted by molar-refractivity contribution is 6.06. The van der Waals surface area contributed by atoms with E-state index >= 15 is 0 Å². The number of amides is 1. The van der Waals surface area contributed by atoms with E-state index in [9.17, 15) is 9.59 Å². The van der Waals surface area contributed by atoms with Crippen LogP contribution < -0.4 is 10.2 Å². The van der Waals surface area contributed by atoms with Gasteiger partial charge in [0.25, 0.3) is 0 Å². The molecule has 2 aliphatic rings. The Morgan fingerprint density at radius 1 is 1.18 bits per heavy atom. The van der Waals surface area contributed by atoms with Crippen molar-refractivity contribution in [2.75, 3.05) is 10.2 Å². The molecule has 2 aromatic rings. The zero-order valence-corrected chi connectivity index (χ0v) is 16.5. The second-order valence-corrected chi connectivity index (χ2v) is 8.28. The third-order valence-electron chi connectivity index (χ3n) is 5.49. The fourth-order valence-corrected chi connectivity index (χ4v) is 4.29. The van der Waals surface area contributed by atoms with Crippen molar-refractivity contribution in [1.82, 2.24) is 4.98 Å². The first-order chi connectivity index (χ1) is 13.4. The largest absolute Gasteiger partial charge is 0.357 e. The number of rotatable bonds is 2. The number of nitrogens with zero attached hydrogens (tertiary/aromatic N) is 2. The molecule has 1 aliphatic carbocycles. The van der Waals surface area contributed by atoms with Gasteiger partial charge < -0.3 is 5.32 Å². The Kier molecular flexibility index (Phi) is 4.53. The summed E-state index contributed by atoms with van der Waals surface area (Å²) in [6.07, 6.45) is 5.02. The first-order valence-electron chi connectivity index (χ1n) is 9.75. The lowest BCUT2D eigenvalue weighted by atomic mass is 9.73. The second kappa shape index (κ2) is 6.89. The van der Waals surface area contributed by atoms with Gasteiger partial charge in [-0.15, -0.1) is 0 Å². The monoisotopic (exact) mass is 375 g/mol. The van der Waals surface area contributed by atoms with Gasteiger partial charge >= 0.3 is 0 Å². The smallest absolute Gasteiger partial charge is 0.227 e. The number of benzene rings is 1. The number of pyridine rings is 1. The number of ketones is 1. The molecule has 1 N–H and O–H groups in total. The molecule has 1 aromatic carbocycles. The van der Waals surface area contributed by atoms with Gasteiger partial charge in [-0.25, -0.2) is 0 Å². The number of anilines is 2. The average Bonchev–Trinajstić information content (AvgIpc) is 2.81. The van der Waals surface area contributed by atoms with Crippen LogP contribution in [0.15, 0.2) is 60.1 Å². The van der Waals surface area contributed by atoms with Gasteiger partial charge in [-0.2, -0.15) is 0 Å². The number of allylic oxidation sites excluding steroid dienone is 1. The van der Waals surface area contributed by atoms with Crippen molar-refractivity contribution < 1.29 is 9.59 Å². The number of carbonyl (C=O) groups is 2. The molecule has 0 bridgehead atoms. The van der Waals surface area contributed by atoms with Gasteiger partial charge in [0.1, 0.15) is 0 Å². The Morgan fingerprint density at radius 2 is 1.89 bits per heavy atom. The zero-order valence-electron chi connectivity index (χ0n) is 16.5. The van der Waals surface area contributed by atoms with Crippen LogP contribution in [-0.2, 0) is 9.59 Å². The van der Waals surface area contributed by atoms with Crippen LogP contribution in [0.5, 0.6) is 0 Å². The number of nitrogens with one attached hydrogen (secondary N) is 1. The van der Waals surface area contributed by atoms with Crippen LogP contribution in [0.1, 0.15) is 51.6 Å². The number of para-hydroxylation sites is 2. The molecule has 28 heavy (non-hydrogen) atoms. The molecule has 0 spiro atoms. The minimum Gasteiger partial charge on any atom is -0.357 e. The van der Waals surface area contributed by atoms with E-state index in [0.717, 1.165) is 29.1 Å². The predicted molar refractivity (Wildman–Crippen MR) is 110 cm³/mol. The third kappa shape index (κ3) is 3.11. The summed E-state index contributed by atoms with van der Waals surface area (Å²) in [7, 11) is 0. The van der Waals surface area contributed by atoms with Gasteiger partial charge in [-0.3, -0.25) is 19.5 Å². The molecule has 4 rings (SSSR count). The minimum atomic E-state index is -0.454. The highest BCUT2D eigenvalue weighted by Gasteiger charge is 2.42. The molecule has 0 fully saturated rings. The number of aromatic nitrogens is 1. The molecule has 5 nitrogen and oxygen atoms in total. The van der Waals surface area contributed by atoms with Crippen LogP contribution in [0, 0.1) is 5.41 Å². The zero-order chi connectivity index (χ0) is 19.9. The summed E-state index contributed by atoms with van der Waals surface area (Å²) in [6, 6.07) is 11.1. The van der Waals surface area contributed by atoms with Gasteiger partial charge in [0.05, 0.1) is 17.4 Å².